The van der Waals surface area contributed by atoms with Gasteiger partial charge in [-0.05, 0) is 30.5 Å². The van der Waals surface area contributed by atoms with E-state index in [1.807, 2.05) is 0 Å². The maximum Gasteiger partial charge on any atom is 0.159 e. The van der Waals surface area contributed by atoms with Gasteiger partial charge in [0.25, 0.3) is 0 Å². The van der Waals surface area contributed by atoms with Gasteiger partial charge in [0.15, 0.2) is 11.6 Å². The molecule has 1 atom stereocenters. The number of aliphatic hydroxyl groups excluding tert-OH is 1. The first-order valence-electron chi connectivity index (χ1n) is 5.68. The van der Waals surface area contributed by atoms with E-state index in [1.165, 1.54) is 6.07 Å². The minimum Gasteiger partial charge on any atom is -0.387 e. The van der Waals surface area contributed by atoms with E-state index >= 15 is 0 Å². The Morgan fingerprint density at radius 2 is 1.94 bits per heavy atom. The van der Waals surface area contributed by atoms with Gasteiger partial charge < -0.3 is 10.4 Å². The minimum absolute atomic E-state index is 0.343. The van der Waals surface area contributed by atoms with E-state index in [-0.39, 0.29) is 0 Å². The molecule has 1 aliphatic rings. The second kappa shape index (κ2) is 5.38. The zero-order valence-corrected chi connectivity index (χ0v) is 9.37. The van der Waals surface area contributed by atoms with Gasteiger partial charge in [-0.2, -0.15) is 0 Å². The van der Waals surface area contributed by atoms with Crippen molar-refractivity contribution in [3.8, 4) is 0 Å². The van der Waals surface area contributed by atoms with Gasteiger partial charge in [0, 0.05) is 12.6 Å². The van der Waals surface area contributed by atoms with Crippen LogP contribution < -0.4 is 5.32 Å². The highest BCUT2D eigenvalue weighted by atomic mass is 19.2. The summed E-state index contributed by atoms with van der Waals surface area (Å²) >= 11 is 0. The van der Waals surface area contributed by atoms with Crippen molar-refractivity contribution < 1.29 is 13.9 Å². The second-order valence-electron chi connectivity index (χ2n) is 4.24. The normalized spacial score (nSPS) is 17.6. The molecule has 0 aromatic heterocycles. The molecule has 0 amide bonds. The minimum atomic E-state index is -0.927. The van der Waals surface area contributed by atoms with Gasteiger partial charge >= 0.3 is 0 Å². The number of rotatable bonds is 4. The molecule has 0 saturated carbocycles. The van der Waals surface area contributed by atoms with Crippen LogP contribution in [0.5, 0.6) is 0 Å². The van der Waals surface area contributed by atoms with Crippen molar-refractivity contribution in [2.75, 3.05) is 6.54 Å². The number of hydrogen-bond acceptors (Lipinski definition) is 2. The Bertz CT molecular complexity index is 412. The molecule has 0 radical (unpaired) electrons. The summed E-state index contributed by atoms with van der Waals surface area (Å²) in [6, 6.07) is 3.81. The zero-order chi connectivity index (χ0) is 12.3. The molecule has 0 fully saturated rings. The molecule has 4 heteroatoms. The van der Waals surface area contributed by atoms with Crippen molar-refractivity contribution in [2.24, 2.45) is 0 Å². The summed E-state index contributed by atoms with van der Waals surface area (Å²) in [6.07, 6.45) is 5.25. The fraction of sp³-hybridized carbons (Fsp3) is 0.385. The summed E-state index contributed by atoms with van der Waals surface area (Å²) in [5.74, 6) is -1.82. The highest BCUT2D eigenvalue weighted by Gasteiger charge is 2.14. The van der Waals surface area contributed by atoms with Crippen LogP contribution in [0.3, 0.4) is 0 Å². The molecular formula is C13H15F2NO. The predicted molar refractivity (Wildman–Crippen MR) is 61.5 cm³/mol. The topological polar surface area (TPSA) is 32.3 Å². The molecule has 0 saturated heterocycles. The lowest BCUT2D eigenvalue weighted by Crippen LogP contribution is -2.30. The Labute approximate surface area is 99.0 Å². The Morgan fingerprint density at radius 1 is 1.24 bits per heavy atom. The number of halogens is 2. The standard InChI is InChI=1S/C13H15F2NO/c14-11-6-5-9(7-12(11)15)13(17)8-16-10-3-1-2-4-10/h1-2,5-7,10,13,16-17H,3-4,8H2. The summed E-state index contributed by atoms with van der Waals surface area (Å²) in [5, 5.41) is 13.0. The maximum atomic E-state index is 13.0. The highest BCUT2D eigenvalue weighted by Crippen LogP contribution is 2.17. The van der Waals surface area contributed by atoms with Crippen LogP contribution in [0.15, 0.2) is 30.4 Å². The zero-order valence-electron chi connectivity index (χ0n) is 9.37. The van der Waals surface area contributed by atoms with Gasteiger partial charge in [-0.1, -0.05) is 18.2 Å². The third kappa shape index (κ3) is 3.11. The van der Waals surface area contributed by atoms with Crippen LogP contribution in [0.4, 0.5) is 8.78 Å². The summed E-state index contributed by atoms with van der Waals surface area (Å²) in [4.78, 5) is 0. The van der Waals surface area contributed by atoms with Gasteiger partial charge in [-0.15, -0.1) is 0 Å². The fourth-order valence-electron chi connectivity index (χ4n) is 1.90. The monoisotopic (exact) mass is 239 g/mol. The maximum absolute atomic E-state index is 13.0. The summed E-state index contributed by atoms with van der Waals surface area (Å²) in [5.41, 5.74) is 0.391. The molecule has 0 spiro atoms. The van der Waals surface area contributed by atoms with Gasteiger partial charge in [0.2, 0.25) is 0 Å². The van der Waals surface area contributed by atoms with Crippen molar-refractivity contribution >= 4 is 0 Å². The molecular weight excluding hydrogens is 224 g/mol. The average Bonchev–Trinajstić information content (AvgIpc) is 2.82. The van der Waals surface area contributed by atoms with Crippen molar-refractivity contribution in [1.82, 2.24) is 5.32 Å². The van der Waals surface area contributed by atoms with Crippen molar-refractivity contribution in [3.63, 3.8) is 0 Å². The third-order valence-electron chi connectivity index (χ3n) is 2.94. The van der Waals surface area contributed by atoms with Crippen LogP contribution in [0, 0.1) is 11.6 Å². The number of aliphatic hydroxyl groups is 1. The number of nitrogens with one attached hydrogen (secondary N) is 1. The first-order valence-corrected chi connectivity index (χ1v) is 5.68. The van der Waals surface area contributed by atoms with Crippen LogP contribution in [0.1, 0.15) is 24.5 Å². The molecule has 1 aromatic carbocycles. The lowest BCUT2D eigenvalue weighted by molar-refractivity contribution is 0.169. The lowest BCUT2D eigenvalue weighted by atomic mass is 10.1. The number of benzene rings is 1. The fourth-order valence-corrected chi connectivity index (χ4v) is 1.90. The predicted octanol–water partition coefficient (Wildman–Crippen LogP) is 2.31. The third-order valence-corrected chi connectivity index (χ3v) is 2.94. The van der Waals surface area contributed by atoms with Crippen LogP contribution in [-0.4, -0.2) is 17.7 Å². The molecule has 0 bridgehead atoms. The Morgan fingerprint density at radius 3 is 2.59 bits per heavy atom. The SMILES string of the molecule is OC(CNC1CC=CC1)c1ccc(F)c(F)c1. The molecule has 1 aliphatic carbocycles. The van der Waals surface area contributed by atoms with E-state index in [0.29, 0.717) is 18.2 Å². The molecule has 1 aromatic rings. The smallest absolute Gasteiger partial charge is 0.159 e. The second-order valence-corrected chi connectivity index (χ2v) is 4.24. The van der Waals surface area contributed by atoms with Crippen molar-refractivity contribution in [1.29, 1.82) is 0 Å². The molecule has 2 nitrogen and oxygen atoms in total. The van der Waals surface area contributed by atoms with Gasteiger partial charge in [-0.25, -0.2) is 8.78 Å². The summed E-state index contributed by atoms with van der Waals surface area (Å²) < 4.78 is 25.7. The number of hydrogen-bond donors (Lipinski definition) is 2. The average molecular weight is 239 g/mol. The van der Waals surface area contributed by atoms with E-state index in [4.69, 9.17) is 0 Å². The van der Waals surface area contributed by atoms with E-state index in [9.17, 15) is 13.9 Å². The van der Waals surface area contributed by atoms with Crippen LogP contribution in [0.25, 0.3) is 0 Å². The summed E-state index contributed by atoms with van der Waals surface area (Å²) in [7, 11) is 0. The molecule has 2 rings (SSSR count). The van der Waals surface area contributed by atoms with Gasteiger partial charge in [0.05, 0.1) is 6.10 Å². The van der Waals surface area contributed by atoms with E-state index < -0.39 is 17.7 Å². The van der Waals surface area contributed by atoms with E-state index in [0.717, 1.165) is 25.0 Å². The molecule has 2 N–H and O–H groups in total. The van der Waals surface area contributed by atoms with Crippen LogP contribution in [0.2, 0.25) is 0 Å². The van der Waals surface area contributed by atoms with Gasteiger partial charge in [0.1, 0.15) is 0 Å². The summed E-state index contributed by atoms with van der Waals surface area (Å²) in [6.45, 7) is 0.345. The largest absolute Gasteiger partial charge is 0.387 e. The Kier molecular flexibility index (Phi) is 3.86. The first-order chi connectivity index (χ1) is 8.16. The van der Waals surface area contributed by atoms with E-state index in [2.05, 4.69) is 17.5 Å². The highest BCUT2D eigenvalue weighted by molar-refractivity contribution is 5.20. The first kappa shape index (κ1) is 12.2. The van der Waals surface area contributed by atoms with Crippen LogP contribution >= 0.6 is 0 Å². The molecule has 0 aliphatic heterocycles. The van der Waals surface area contributed by atoms with Crippen LogP contribution in [-0.2, 0) is 0 Å². The Hall–Kier alpha value is -1.26. The molecule has 92 valence electrons. The quantitative estimate of drug-likeness (QED) is 0.790. The molecule has 17 heavy (non-hydrogen) atoms. The molecule has 1 unspecified atom stereocenters. The van der Waals surface area contributed by atoms with Gasteiger partial charge in [-0.3, -0.25) is 0 Å². The molecule has 0 heterocycles. The Balaban J connectivity index is 1.90. The van der Waals surface area contributed by atoms with Crippen molar-refractivity contribution in [2.45, 2.75) is 25.0 Å². The van der Waals surface area contributed by atoms with E-state index in [1.54, 1.807) is 0 Å². The lowest BCUT2D eigenvalue weighted by Gasteiger charge is -2.16. The van der Waals surface area contributed by atoms with Crippen molar-refractivity contribution in [3.05, 3.63) is 47.5 Å².